The average molecular weight is 534 g/mol. The molecule has 1 atom stereocenters. The van der Waals surface area contributed by atoms with Gasteiger partial charge in [0.25, 0.3) is 0 Å². The molecule has 0 aliphatic heterocycles. The number of hydrogen-bond acceptors (Lipinski definition) is 3. The van der Waals surface area contributed by atoms with E-state index in [0.717, 1.165) is 20.3 Å². The topological polar surface area (TPSA) is 75.3 Å². The Kier molecular flexibility index (Phi) is 7.27. The summed E-state index contributed by atoms with van der Waals surface area (Å²) in [5.41, 5.74) is 3.53. The Hall–Kier alpha value is -2.23. The van der Waals surface area contributed by atoms with Gasteiger partial charge in [0.2, 0.25) is 15.9 Å². The van der Waals surface area contributed by atoms with Crippen LogP contribution in [0.2, 0.25) is 0 Å². The lowest BCUT2D eigenvalue weighted by Crippen LogP contribution is -2.45. The van der Waals surface area contributed by atoms with Crippen molar-refractivity contribution in [3.8, 4) is 0 Å². The van der Waals surface area contributed by atoms with Crippen LogP contribution in [0.25, 0.3) is 0 Å². The van der Waals surface area contributed by atoms with Crippen LogP contribution in [-0.2, 0) is 21.2 Å². The summed E-state index contributed by atoms with van der Waals surface area (Å²) in [6.45, 7) is 3.89. The fourth-order valence-electron chi connectivity index (χ4n) is 3.01. The van der Waals surface area contributed by atoms with E-state index in [-0.39, 0.29) is 11.3 Å². The summed E-state index contributed by atoms with van der Waals surface area (Å²) in [6.07, 6.45) is 0.237. The second-order valence-electron chi connectivity index (χ2n) is 7.05. The minimum Gasteiger partial charge on any atom is -0.324 e. The van der Waals surface area contributed by atoms with Gasteiger partial charge in [0.1, 0.15) is 6.04 Å². The molecule has 0 saturated carbocycles. The van der Waals surface area contributed by atoms with Crippen molar-refractivity contribution in [2.24, 2.45) is 0 Å². The summed E-state index contributed by atoms with van der Waals surface area (Å²) in [6, 6.07) is 20.5. The van der Waals surface area contributed by atoms with Crippen molar-refractivity contribution in [3.05, 3.63) is 93.1 Å². The summed E-state index contributed by atoms with van der Waals surface area (Å²) in [7, 11) is -3.87. The second kappa shape index (κ2) is 9.72. The van der Waals surface area contributed by atoms with Gasteiger partial charge in [0.05, 0.1) is 4.90 Å². The van der Waals surface area contributed by atoms with Gasteiger partial charge in [0.15, 0.2) is 0 Å². The number of aryl methyl sites for hydroxylation is 1. The van der Waals surface area contributed by atoms with Crippen molar-refractivity contribution in [1.82, 2.24) is 4.72 Å². The Morgan fingerprint density at radius 1 is 0.933 bits per heavy atom. The maximum Gasteiger partial charge on any atom is 0.242 e. The van der Waals surface area contributed by atoms with Crippen molar-refractivity contribution in [2.45, 2.75) is 31.2 Å². The number of carbonyl (C=O) groups is 1. The van der Waals surface area contributed by atoms with Crippen LogP contribution in [0.1, 0.15) is 16.7 Å². The molecular weight excluding hydrogens is 511 g/mol. The fraction of sp³-hybridized carbons (Fsp3) is 0.174. The Morgan fingerprint density at radius 3 is 2.27 bits per heavy atom. The van der Waals surface area contributed by atoms with Crippen LogP contribution in [-0.4, -0.2) is 20.4 Å². The number of sulfonamides is 1. The SMILES string of the molecule is Cc1cccc(NC(=O)[C@@H](Cc2ccccc2)NS(=O)(=O)c2ccc(I)cc2)c1C. The summed E-state index contributed by atoms with van der Waals surface area (Å²) in [5, 5.41) is 2.89. The van der Waals surface area contributed by atoms with Crippen LogP contribution in [0.3, 0.4) is 0 Å². The summed E-state index contributed by atoms with van der Waals surface area (Å²) in [4.78, 5) is 13.2. The predicted molar refractivity (Wildman–Crippen MR) is 128 cm³/mol. The van der Waals surface area contributed by atoms with Crippen LogP contribution < -0.4 is 10.0 Å². The van der Waals surface area contributed by atoms with Gasteiger partial charge in [-0.2, -0.15) is 4.72 Å². The Balaban J connectivity index is 1.88. The van der Waals surface area contributed by atoms with E-state index >= 15 is 0 Å². The van der Waals surface area contributed by atoms with Crippen molar-refractivity contribution in [1.29, 1.82) is 0 Å². The summed E-state index contributed by atoms with van der Waals surface area (Å²) in [5.74, 6) is -0.401. The third-order valence-corrected chi connectivity index (χ3v) is 7.09. The minimum atomic E-state index is -3.87. The van der Waals surface area contributed by atoms with Gasteiger partial charge in [-0.3, -0.25) is 4.79 Å². The highest BCUT2D eigenvalue weighted by Gasteiger charge is 2.26. The van der Waals surface area contributed by atoms with Gasteiger partial charge in [-0.05, 0) is 89.9 Å². The first kappa shape index (κ1) is 22.5. The molecule has 0 fully saturated rings. The first-order valence-corrected chi connectivity index (χ1v) is 12.0. The molecule has 0 radical (unpaired) electrons. The van der Waals surface area contributed by atoms with Gasteiger partial charge >= 0.3 is 0 Å². The molecular formula is C23H23IN2O3S. The number of nitrogens with one attached hydrogen (secondary N) is 2. The van der Waals surface area contributed by atoms with Gasteiger partial charge in [-0.15, -0.1) is 0 Å². The van der Waals surface area contributed by atoms with Gasteiger partial charge in [-0.25, -0.2) is 8.42 Å². The molecule has 156 valence electrons. The molecule has 1 amide bonds. The molecule has 0 aliphatic carbocycles. The Bertz CT molecular complexity index is 1130. The zero-order valence-corrected chi connectivity index (χ0v) is 19.7. The van der Waals surface area contributed by atoms with E-state index in [9.17, 15) is 13.2 Å². The lowest BCUT2D eigenvalue weighted by atomic mass is 10.0. The van der Waals surface area contributed by atoms with E-state index in [4.69, 9.17) is 0 Å². The van der Waals surface area contributed by atoms with E-state index < -0.39 is 22.0 Å². The first-order valence-electron chi connectivity index (χ1n) is 9.45. The van der Waals surface area contributed by atoms with E-state index in [1.54, 1.807) is 12.1 Å². The standard InChI is InChI=1S/C23H23IN2O3S/c1-16-7-6-10-21(17(16)2)25-23(27)22(15-18-8-4-3-5-9-18)26-30(28,29)20-13-11-19(24)12-14-20/h3-14,22,26H,15H2,1-2H3,(H,25,27)/t22-/m1/s1. The summed E-state index contributed by atoms with van der Waals surface area (Å²) >= 11 is 2.11. The fourth-order valence-corrected chi connectivity index (χ4v) is 4.57. The zero-order valence-electron chi connectivity index (χ0n) is 16.7. The number of anilines is 1. The molecule has 5 nitrogen and oxygen atoms in total. The number of hydrogen-bond donors (Lipinski definition) is 2. The third-order valence-electron chi connectivity index (χ3n) is 4.88. The molecule has 0 aromatic heterocycles. The zero-order chi connectivity index (χ0) is 21.7. The molecule has 0 aliphatic rings. The molecule has 2 N–H and O–H groups in total. The van der Waals surface area contributed by atoms with Gasteiger partial charge < -0.3 is 5.32 Å². The highest BCUT2D eigenvalue weighted by molar-refractivity contribution is 14.1. The molecule has 3 aromatic rings. The van der Waals surface area contributed by atoms with Crippen molar-refractivity contribution in [3.63, 3.8) is 0 Å². The van der Waals surface area contributed by atoms with Crippen LogP contribution >= 0.6 is 22.6 Å². The maximum absolute atomic E-state index is 13.1. The molecule has 7 heteroatoms. The van der Waals surface area contributed by atoms with E-state index in [0.29, 0.717) is 5.69 Å². The number of benzene rings is 3. The van der Waals surface area contributed by atoms with Crippen molar-refractivity contribution < 1.29 is 13.2 Å². The van der Waals surface area contributed by atoms with Crippen LogP contribution in [0.15, 0.2) is 77.7 Å². The highest BCUT2D eigenvalue weighted by Crippen LogP contribution is 2.19. The second-order valence-corrected chi connectivity index (χ2v) is 10.0. The van der Waals surface area contributed by atoms with Crippen LogP contribution in [0.4, 0.5) is 5.69 Å². The number of carbonyl (C=O) groups excluding carboxylic acids is 1. The number of halogens is 1. The molecule has 3 rings (SSSR count). The first-order chi connectivity index (χ1) is 14.3. The molecule has 30 heavy (non-hydrogen) atoms. The largest absolute Gasteiger partial charge is 0.324 e. The minimum absolute atomic E-state index is 0.125. The lowest BCUT2D eigenvalue weighted by Gasteiger charge is -2.20. The maximum atomic E-state index is 13.1. The normalized spacial score (nSPS) is 12.4. The molecule has 0 bridgehead atoms. The Labute approximate surface area is 191 Å². The number of amides is 1. The molecule has 0 saturated heterocycles. The van der Waals surface area contributed by atoms with Crippen molar-refractivity contribution >= 4 is 44.2 Å². The monoisotopic (exact) mass is 534 g/mol. The lowest BCUT2D eigenvalue weighted by molar-refractivity contribution is -0.117. The van der Waals surface area contributed by atoms with Crippen LogP contribution in [0, 0.1) is 17.4 Å². The van der Waals surface area contributed by atoms with Gasteiger partial charge in [-0.1, -0.05) is 42.5 Å². The molecule has 3 aromatic carbocycles. The molecule has 0 spiro atoms. The Morgan fingerprint density at radius 2 is 1.60 bits per heavy atom. The quantitative estimate of drug-likeness (QED) is 0.441. The van der Waals surface area contributed by atoms with E-state index in [1.165, 1.54) is 12.1 Å². The van der Waals surface area contributed by atoms with Crippen LogP contribution in [0.5, 0.6) is 0 Å². The van der Waals surface area contributed by atoms with E-state index in [1.807, 2.05) is 62.4 Å². The third kappa shape index (κ3) is 5.68. The number of rotatable bonds is 7. The molecule has 0 heterocycles. The smallest absolute Gasteiger partial charge is 0.242 e. The molecule has 0 unspecified atom stereocenters. The summed E-state index contributed by atoms with van der Waals surface area (Å²) < 4.78 is 29.4. The van der Waals surface area contributed by atoms with E-state index in [2.05, 4.69) is 32.6 Å². The van der Waals surface area contributed by atoms with Crippen molar-refractivity contribution in [2.75, 3.05) is 5.32 Å². The highest BCUT2D eigenvalue weighted by atomic mass is 127. The van der Waals surface area contributed by atoms with Gasteiger partial charge in [0, 0.05) is 9.26 Å². The predicted octanol–water partition coefficient (Wildman–Crippen LogP) is 4.44. The average Bonchev–Trinajstić information content (AvgIpc) is 2.72.